The second-order valence-electron chi connectivity index (χ2n) is 5.17. The van der Waals surface area contributed by atoms with Crippen molar-refractivity contribution in [3.63, 3.8) is 0 Å². The molecule has 0 amide bonds. The highest BCUT2D eigenvalue weighted by atomic mass is 19.2. The minimum Gasteiger partial charge on any atom is -0.481 e. The zero-order valence-electron chi connectivity index (χ0n) is 10.9. The van der Waals surface area contributed by atoms with Gasteiger partial charge in [-0.15, -0.1) is 0 Å². The van der Waals surface area contributed by atoms with Gasteiger partial charge in [0.1, 0.15) is 11.2 Å². The first-order chi connectivity index (χ1) is 9.68. The largest absolute Gasteiger partial charge is 0.481 e. The Morgan fingerprint density at radius 2 is 1.67 bits per heavy atom. The van der Waals surface area contributed by atoms with Crippen LogP contribution in [0, 0.1) is 22.9 Å². The average Bonchev–Trinajstić information content (AvgIpc) is 2.75. The number of carbonyl (C=O) groups is 2. The lowest BCUT2D eigenvalue weighted by Crippen LogP contribution is -2.54. The number of carboxylic acid groups (broad SMARTS) is 2. The van der Waals surface area contributed by atoms with Gasteiger partial charge in [0, 0.05) is 18.7 Å². The van der Waals surface area contributed by atoms with Gasteiger partial charge < -0.3 is 15.5 Å². The van der Waals surface area contributed by atoms with E-state index in [9.17, 15) is 33.0 Å². The maximum absolute atomic E-state index is 14.0. The molecular weight excluding hydrogens is 291 g/mol. The molecule has 1 saturated heterocycles. The van der Waals surface area contributed by atoms with Crippen LogP contribution < -0.4 is 5.32 Å². The van der Waals surface area contributed by atoms with Crippen molar-refractivity contribution in [1.82, 2.24) is 5.32 Å². The third-order valence-corrected chi connectivity index (χ3v) is 4.12. The molecule has 1 fully saturated rings. The first kappa shape index (κ1) is 15.3. The molecule has 8 heteroatoms. The molecule has 21 heavy (non-hydrogen) atoms. The van der Waals surface area contributed by atoms with Crippen LogP contribution in [0.25, 0.3) is 0 Å². The number of hydrogen-bond acceptors (Lipinski definition) is 3. The topological polar surface area (TPSA) is 86.6 Å². The van der Waals surface area contributed by atoms with Crippen molar-refractivity contribution in [3.8, 4) is 0 Å². The molecule has 1 aromatic carbocycles. The minimum absolute atomic E-state index is 0.315. The molecule has 1 aromatic rings. The van der Waals surface area contributed by atoms with Crippen molar-refractivity contribution in [2.24, 2.45) is 5.41 Å². The quantitative estimate of drug-likeness (QED) is 0.729. The van der Waals surface area contributed by atoms with Crippen molar-refractivity contribution < 1.29 is 33.0 Å². The lowest BCUT2D eigenvalue weighted by molar-refractivity contribution is -0.161. The number of halogens is 3. The summed E-state index contributed by atoms with van der Waals surface area (Å²) in [5.74, 6) is -7.70. The highest BCUT2D eigenvalue weighted by Crippen LogP contribution is 2.47. The zero-order valence-corrected chi connectivity index (χ0v) is 10.9. The minimum atomic E-state index is -2.45. The molecule has 0 aromatic heterocycles. The average molecular weight is 303 g/mol. The highest BCUT2D eigenvalue weighted by Gasteiger charge is 2.65. The molecule has 2 unspecified atom stereocenters. The lowest BCUT2D eigenvalue weighted by Gasteiger charge is -2.36. The summed E-state index contributed by atoms with van der Waals surface area (Å²) in [5, 5.41) is 21.3. The predicted octanol–water partition coefficient (Wildman–Crippen LogP) is 1.12. The summed E-state index contributed by atoms with van der Waals surface area (Å²) in [4.78, 5) is 23.2. The van der Waals surface area contributed by atoms with E-state index in [1.165, 1.54) is 0 Å². The molecule has 0 saturated carbocycles. The normalized spacial score (nSPS) is 28.6. The first-order valence-corrected chi connectivity index (χ1v) is 6.00. The fraction of sp³-hybridized carbons (Fsp3) is 0.385. The van der Waals surface area contributed by atoms with E-state index in [-0.39, 0.29) is 6.54 Å². The third kappa shape index (κ3) is 1.82. The van der Waals surface area contributed by atoms with Crippen molar-refractivity contribution in [3.05, 3.63) is 35.1 Å². The van der Waals surface area contributed by atoms with Crippen LogP contribution >= 0.6 is 0 Å². The second-order valence-corrected chi connectivity index (χ2v) is 5.17. The Balaban J connectivity index is 2.86. The summed E-state index contributed by atoms with van der Waals surface area (Å²) < 4.78 is 41.4. The maximum Gasteiger partial charge on any atom is 0.316 e. The summed E-state index contributed by atoms with van der Waals surface area (Å²) in [7, 11) is 0. The fourth-order valence-electron chi connectivity index (χ4n) is 2.81. The van der Waals surface area contributed by atoms with Gasteiger partial charge in [-0.05, 0) is 19.1 Å². The van der Waals surface area contributed by atoms with Gasteiger partial charge >= 0.3 is 11.9 Å². The summed E-state index contributed by atoms with van der Waals surface area (Å²) >= 11 is 0. The fourth-order valence-corrected chi connectivity index (χ4v) is 2.81. The van der Waals surface area contributed by atoms with E-state index in [2.05, 4.69) is 5.32 Å². The van der Waals surface area contributed by atoms with Gasteiger partial charge in [-0.1, -0.05) is 0 Å². The number of nitrogens with one attached hydrogen (secondary N) is 1. The van der Waals surface area contributed by atoms with E-state index >= 15 is 0 Å². The number of hydrogen-bond donors (Lipinski definition) is 3. The van der Waals surface area contributed by atoms with Gasteiger partial charge in [-0.2, -0.15) is 0 Å². The molecule has 5 nitrogen and oxygen atoms in total. The third-order valence-electron chi connectivity index (χ3n) is 4.12. The first-order valence-electron chi connectivity index (χ1n) is 6.00. The summed E-state index contributed by atoms with van der Waals surface area (Å²) in [6, 6.07) is 1.10. The maximum atomic E-state index is 14.0. The Kier molecular flexibility index (Phi) is 3.45. The molecule has 2 rings (SSSR count). The number of carboxylic acids is 2. The van der Waals surface area contributed by atoms with Crippen molar-refractivity contribution in [1.29, 1.82) is 0 Å². The monoisotopic (exact) mass is 303 g/mol. The standard InChI is InChI=1S/C13H12F3NO4/c1-12(10(18)19)4-17-5-13(12,11(20)21)8-6(14)2-3-7(15)9(8)16/h2-3,17H,4-5H2,1H3,(H,18,19)(H,20,21). The van der Waals surface area contributed by atoms with Crippen LogP contribution in [0.2, 0.25) is 0 Å². The Bertz CT molecular complexity index is 636. The molecule has 1 heterocycles. The zero-order chi connectivity index (χ0) is 16.0. The molecule has 0 radical (unpaired) electrons. The van der Waals surface area contributed by atoms with Crippen LogP contribution in [0.5, 0.6) is 0 Å². The SMILES string of the molecule is CC1(C(=O)O)CNCC1(C(=O)O)c1c(F)ccc(F)c1F. The van der Waals surface area contributed by atoms with Gasteiger partial charge in [-0.3, -0.25) is 9.59 Å². The van der Waals surface area contributed by atoms with Gasteiger partial charge in [0.15, 0.2) is 11.6 Å². The van der Waals surface area contributed by atoms with Crippen molar-refractivity contribution in [2.75, 3.05) is 13.1 Å². The van der Waals surface area contributed by atoms with Crippen LogP contribution in [-0.4, -0.2) is 35.2 Å². The molecule has 0 bridgehead atoms. The smallest absolute Gasteiger partial charge is 0.316 e. The molecule has 1 aliphatic rings. The molecule has 0 spiro atoms. The number of benzene rings is 1. The van der Waals surface area contributed by atoms with Gasteiger partial charge in [-0.25, -0.2) is 13.2 Å². The van der Waals surface area contributed by atoms with Gasteiger partial charge in [0.25, 0.3) is 0 Å². The highest BCUT2D eigenvalue weighted by molar-refractivity contribution is 5.92. The van der Waals surface area contributed by atoms with E-state index in [1.54, 1.807) is 0 Å². The molecule has 3 N–H and O–H groups in total. The van der Waals surface area contributed by atoms with Crippen LogP contribution in [-0.2, 0) is 15.0 Å². The Labute approximate surface area is 117 Å². The Morgan fingerprint density at radius 3 is 2.19 bits per heavy atom. The second kappa shape index (κ2) is 4.73. The van der Waals surface area contributed by atoms with E-state index in [4.69, 9.17) is 0 Å². The van der Waals surface area contributed by atoms with Crippen LogP contribution in [0.1, 0.15) is 12.5 Å². The molecular formula is C13H12F3NO4. The number of aliphatic carboxylic acids is 2. The molecule has 114 valence electrons. The van der Waals surface area contributed by atoms with Crippen LogP contribution in [0.3, 0.4) is 0 Å². The van der Waals surface area contributed by atoms with Crippen molar-refractivity contribution in [2.45, 2.75) is 12.3 Å². The molecule has 0 aliphatic carbocycles. The van der Waals surface area contributed by atoms with Crippen LogP contribution in [0.4, 0.5) is 13.2 Å². The van der Waals surface area contributed by atoms with Crippen molar-refractivity contribution >= 4 is 11.9 Å². The van der Waals surface area contributed by atoms with Gasteiger partial charge in [0.2, 0.25) is 0 Å². The lowest BCUT2D eigenvalue weighted by atomic mass is 9.62. The molecule has 2 atom stereocenters. The Hall–Kier alpha value is -2.09. The summed E-state index contributed by atoms with van der Waals surface area (Å²) in [6.45, 7) is 0.222. The van der Waals surface area contributed by atoms with E-state index in [0.717, 1.165) is 6.92 Å². The Morgan fingerprint density at radius 1 is 1.10 bits per heavy atom. The van der Waals surface area contributed by atoms with E-state index in [0.29, 0.717) is 12.1 Å². The van der Waals surface area contributed by atoms with Crippen LogP contribution in [0.15, 0.2) is 12.1 Å². The van der Waals surface area contributed by atoms with E-state index in [1.807, 2.05) is 0 Å². The number of rotatable bonds is 3. The molecule has 1 aliphatic heterocycles. The summed E-state index contributed by atoms with van der Waals surface area (Å²) in [6.07, 6.45) is 0. The van der Waals surface area contributed by atoms with Gasteiger partial charge in [0.05, 0.1) is 5.41 Å². The van der Waals surface area contributed by atoms with E-state index < -0.39 is 52.3 Å². The predicted molar refractivity (Wildman–Crippen MR) is 64.2 cm³/mol. The summed E-state index contributed by atoms with van der Waals surface area (Å²) in [5.41, 5.74) is -5.56.